The highest BCUT2D eigenvalue weighted by Gasteiger charge is 2.00. The first kappa shape index (κ1) is 20.1. The van der Waals surface area contributed by atoms with E-state index in [0.29, 0.717) is 0 Å². The van der Waals surface area contributed by atoms with E-state index in [2.05, 4.69) is 12.7 Å². The van der Waals surface area contributed by atoms with Crippen LogP contribution in [0.3, 0.4) is 0 Å². The molecule has 0 heterocycles. The van der Waals surface area contributed by atoms with Crippen LogP contribution in [-0.4, -0.2) is 19.8 Å². The monoisotopic (exact) mass is 288 g/mol. The number of allylic oxidation sites excluding steroid dienone is 3. The Bertz CT molecular complexity index is 375. The number of phosphoric acid groups is 1. The predicted molar refractivity (Wildman–Crippen MR) is 76.3 cm³/mol. The molecule has 0 radical (unpaired) electrons. The highest BCUT2D eigenvalue weighted by molar-refractivity contribution is 7.45. The van der Waals surface area contributed by atoms with E-state index >= 15 is 0 Å². The number of hydrogen-bond donors (Lipinski definition) is 4. The quantitative estimate of drug-likeness (QED) is 0.505. The first-order valence-electron chi connectivity index (χ1n) is 5.50. The van der Waals surface area contributed by atoms with Crippen LogP contribution in [0.5, 0.6) is 0 Å². The fraction of sp³-hybridized carbons (Fsp3) is 0.231. The van der Waals surface area contributed by atoms with Crippen LogP contribution < -0.4 is 0 Å². The molecule has 108 valence electrons. The second kappa shape index (κ2) is 13.2. The van der Waals surface area contributed by atoms with Crippen molar-refractivity contribution in [3.8, 4) is 0 Å². The summed E-state index contributed by atoms with van der Waals surface area (Å²) in [6.07, 6.45) is 6.95. The zero-order chi connectivity index (χ0) is 15.1. The molecule has 0 aliphatic carbocycles. The van der Waals surface area contributed by atoms with Crippen LogP contribution in [0.15, 0.2) is 55.1 Å². The topological polar surface area (TPSA) is 98.0 Å². The van der Waals surface area contributed by atoms with E-state index in [4.69, 9.17) is 24.4 Å². The SMILES string of the molecule is C=CCC=CC.O=P(O)(O)O.OCc1ccccc1. The number of aliphatic hydroxyl groups excluding tert-OH is 1. The summed E-state index contributed by atoms with van der Waals surface area (Å²) in [5, 5.41) is 8.54. The lowest BCUT2D eigenvalue weighted by Gasteiger charge is -1.89. The minimum absolute atomic E-state index is 0.140. The molecule has 6 heteroatoms. The fourth-order valence-electron chi connectivity index (χ4n) is 0.816. The molecule has 0 atom stereocenters. The maximum absolute atomic E-state index is 8.88. The van der Waals surface area contributed by atoms with Gasteiger partial charge in [-0.3, -0.25) is 0 Å². The lowest BCUT2D eigenvalue weighted by molar-refractivity contribution is 0.275. The van der Waals surface area contributed by atoms with Gasteiger partial charge in [0, 0.05) is 0 Å². The molecule has 1 aromatic rings. The van der Waals surface area contributed by atoms with Gasteiger partial charge in [0.1, 0.15) is 0 Å². The molecule has 1 rings (SSSR count). The zero-order valence-electron chi connectivity index (χ0n) is 10.9. The minimum atomic E-state index is -4.64. The van der Waals surface area contributed by atoms with Gasteiger partial charge in [-0.15, -0.1) is 6.58 Å². The van der Waals surface area contributed by atoms with Crippen LogP contribution in [0.4, 0.5) is 0 Å². The zero-order valence-corrected chi connectivity index (χ0v) is 11.8. The van der Waals surface area contributed by atoms with Crippen LogP contribution >= 0.6 is 7.82 Å². The molecule has 0 bridgehead atoms. The molecule has 0 fully saturated rings. The Morgan fingerprint density at radius 2 is 1.68 bits per heavy atom. The molecule has 5 nitrogen and oxygen atoms in total. The molecule has 19 heavy (non-hydrogen) atoms. The van der Waals surface area contributed by atoms with Crippen LogP contribution in [0.2, 0.25) is 0 Å². The summed E-state index contributed by atoms with van der Waals surface area (Å²) in [6, 6.07) is 9.52. The van der Waals surface area contributed by atoms with E-state index < -0.39 is 7.82 Å². The van der Waals surface area contributed by atoms with Crippen molar-refractivity contribution in [2.75, 3.05) is 0 Å². The van der Waals surface area contributed by atoms with Crippen LogP contribution in [0, 0.1) is 0 Å². The van der Waals surface area contributed by atoms with Gasteiger partial charge in [0.2, 0.25) is 0 Å². The van der Waals surface area contributed by atoms with Crippen molar-refractivity contribution in [1.29, 1.82) is 0 Å². The maximum atomic E-state index is 8.88. The van der Waals surface area contributed by atoms with Gasteiger partial charge in [-0.25, -0.2) is 4.57 Å². The van der Waals surface area contributed by atoms with Crippen molar-refractivity contribution in [1.82, 2.24) is 0 Å². The van der Waals surface area contributed by atoms with Gasteiger partial charge in [0.05, 0.1) is 6.61 Å². The van der Waals surface area contributed by atoms with Gasteiger partial charge in [0.15, 0.2) is 0 Å². The first-order chi connectivity index (χ1) is 8.85. The standard InChI is InChI=1S/C7H8O.C6H10.H3O4P/c8-6-7-4-2-1-3-5-7;1-3-5-6-4-2;1-5(2,3)4/h1-5,8H,6H2;3-4,6H,1,5H2,2H3;(H3,1,2,3,4). The van der Waals surface area contributed by atoms with Gasteiger partial charge < -0.3 is 19.8 Å². The van der Waals surface area contributed by atoms with E-state index in [1.54, 1.807) is 0 Å². The predicted octanol–water partition coefficient (Wildman–Crippen LogP) is 2.39. The summed E-state index contributed by atoms with van der Waals surface area (Å²) in [6.45, 7) is 5.69. The Morgan fingerprint density at radius 3 is 1.89 bits per heavy atom. The summed E-state index contributed by atoms with van der Waals surface area (Å²) < 4.78 is 8.88. The van der Waals surface area contributed by atoms with Gasteiger partial charge >= 0.3 is 7.82 Å². The number of benzene rings is 1. The molecule has 0 unspecified atom stereocenters. The number of hydrogen-bond acceptors (Lipinski definition) is 2. The van der Waals surface area contributed by atoms with Crippen molar-refractivity contribution in [2.45, 2.75) is 20.0 Å². The highest BCUT2D eigenvalue weighted by atomic mass is 31.2. The van der Waals surface area contributed by atoms with Crippen LogP contribution in [0.25, 0.3) is 0 Å². The Kier molecular flexibility index (Phi) is 14.0. The Hall–Kier alpha value is -1.23. The average Bonchev–Trinajstić information content (AvgIpc) is 2.36. The fourth-order valence-corrected chi connectivity index (χ4v) is 0.816. The third kappa shape index (κ3) is 26.4. The first-order valence-corrected chi connectivity index (χ1v) is 7.06. The molecule has 0 saturated carbocycles. The van der Waals surface area contributed by atoms with Crippen molar-refractivity contribution < 1.29 is 24.4 Å². The van der Waals surface area contributed by atoms with Crippen molar-refractivity contribution in [2.24, 2.45) is 0 Å². The van der Waals surface area contributed by atoms with Crippen molar-refractivity contribution >= 4 is 7.82 Å². The van der Waals surface area contributed by atoms with E-state index in [9.17, 15) is 0 Å². The summed E-state index contributed by atoms with van der Waals surface area (Å²) >= 11 is 0. The molecule has 0 aliphatic heterocycles. The second-order valence-corrected chi connectivity index (χ2v) is 4.28. The summed E-state index contributed by atoms with van der Waals surface area (Å²) in [5.41, 5.74) is 0.965. The average molecular weight is 288 g/mol. The number of aliphatic hydroxyl groups is 1. The normalized spacial score (nSPS) is 9.95. The van der Waals surface area contributed by atoms with E-state index in [1.165, 1.54) is 0 Å². The Labute approximate surface area is 113 Å². The minimum Gasteiger partial charge on any atom is -0.392 e. The molecule has 0 aromatic heterocycles. The molecular formula is C13H21O5P. The summed E-state index contributed by atoms with van der Waals surface area (Å²) in [7, 11) is -4.64. The largest absolute Gasteiger partial charge is 0.466 e. The van der Waals surface area contributed by atoms with Gasteiger partial charge in [0.25, 0.3) is 0 Å². The summed E-state index contributed by atoms with van der Waals surface area (Å²) in [4.78, 5) is 21.6. The second-order valence-electron chi connectivity index (χ2n) is 3.25. The molecule has 0 amide bonds. The highest BCUT2D eigenvalue weighted by Crippen LogP contribution is 2.25. The van der Waals surface area contributed by atoms with E-state index in [1.807, 2.05) is 49.4 Å². The molecular weight excluding hydrogens is 267 g/mol. The number of rotatable bonds is 3. The third-order valence-electron chi connectivity index (χ3n) is 1.56. The lowest BCUT2D eigenvalue weighted by Crippen LogP contribution is -1.77. The Balaban J connectivity index is 0. The molecule has 0 spiro atoms. The molecule has 1 aromatic carbocycles. The van der Waals surface area contributed by atoms with Crippen molar-refractivity contribution in [3.63, 3.8) is 0 Å². The molecule has 4 N–H and O–H groups in total. The van der Waals surface area contributed by atoms with Gasteiger partial charge in [-0.1, -0.05) is 48.6 Å². The van der Waals surface area contributed by atoms with Gasteiger partial charge in [-0.05, 0) is 18.9 Å². The molecule has 0 aliphatic rings. The van der Waals surface area contributed by atoms with E-state index in [0.717, 1.165) is 12.0 Å². The maximum Gasteiger partial charge on any atom is 0.466 e. The van der Waals surface area contributed by atoms with Crippen LogP contribution in [0.1, 0.15) is 18.9 Å². The summed E-state index contributed by atoms with van der Waals surface area (Å²) in [5.74, 6) is 0. The van der Waals surface area contributed by atoms with Crippen LogP contribution in [-0.2, 0) is 11.2 Å². The Morgan fingerprint density at radius 1 is 1.21 bits per heavy atom. The smallest absolute Gasteiger partial charge is 0.392 e. The van der Waals surface area contributed by atoms with E-state index in [-0.39, 0.29) is 6.61 Å². The van der Waals surface area contributed by atoms with Gasteiger partial charge in [-0.2, -0.15) is 0 Å². The third-order valence-corrected chi connectivity index (χ3v) is 1.56. The lowest BCUT2D eigenvalue weighted by atomic mass is 10.2. The van der Waals surface area contributed by atoms with Crippen molar-refractivity contribution in [3.05, 3.63) is 60.7 Å². The molecule has 0 saturated heterocycles.